The third kappa shape index (κ3) is 2.64. The molecule has 0 spiro atoms. The van der Waals surface area contributed by atoms with Crippen molar-refractivity contribution < 1.29 is 5.21 Å². The van der Waals surface area contributed by atoms with Gasteiger partial charge in [0, 0.05) is 19.0 Å². The normalized spacial score (nSPS) is 15.5. The predicted molar refractivity (Wildman–Crippen MR) is 77.9 cm³/mol. The van der Waals surface area contributed by atoms with Crippen LogP contribution in [0.25, 0.3) is 11.0 Å². The standard InChI is InChI=1S/C14H17N5O/c15-13(18-20)7-8-19(10-5-6-10)14-9-16-11-3-1-2-4-12(11)17-14/h1-4,9-10,20H,5-8H2,(H2,15,18). The molecule has 0 unspecified atom stereocenters. The number of nitrogens with two attached hydrogens (primary N) is 1. The summed E-state index contributed by atoms with van der Waals surface area (Å²) < 4.78 is 0. The molecular weight excluding hydrogens is 254 g/mol. The first kappa shape index (κ1) is 12.7. The first-order chi connectivity index (χ1) is 9.78. The molecule has 1 fully saturated rings. The lowest BCUT2D eigenvalue weighted by Crippen LogP contribution is -2.31. The van der Waals surface area contributed by atoms with E-state index in [1.807, 2.05) is 24.3 Å². The first-order valence-electron chi connectivity index (χ1n) is 6.73. The largest absolute Gasteiger partial charge is 0.409 e. The Bertz CT molecular complexity index is 638. The average molecular weight is 271 g/mol. The summed E-state index contributed by atoms with van der Waals surface area (Å²) in [6.07, 6.45) is 4.63. The van der Waals surface area contributed by atoms with Crippen molar-refractivity contribution in [2.45, 2.75) is 25.3 Å². The van der Waals surface area contributed by atoms with Gasteiger partial charge in [0.2, 0.25) is 0 Å². The van der Waals surface area contributed by atoms with Gasteiger partial charge in [0.05, 0.1) is 17.2 Å². The first-order valence-corrected chi connectivity index (χ1v) is 6.73. The molecule has 1 heterocycles. The van der Waals surface area contributed by atoms with Crippen LogP contribution in [0.15, 0.2) is 35.6 Å². The van der Waals surface area contributed by atoms with Crippen molar-refractivity contribution in [3.05, 3.63) is 30.5 Å². The van der Waals surface area contributed by atoms with Crippen LogP contribution in [0.4, 0.5) is 5.82 Å². The van der Waals surface area contributed by atoms with Gasteiger partial charge in [-0.2, -0.15) is 0 Å². The van der Waals surface area contributed by atoms with E-state index in [0.29, 0.717) is 19.0 Å². The lowest BCUT2D eigenvalue weighted by atomic mass is 10.3. The molecule has 1 aliphatic carbocycles. The topological polar surface area (TPSA) is 87.6 Å². The minimum Gasteiger partial charge on any atom is -0.409 e. The number of aromatic nitrogens is 2. The number of benzene rings is 1. The Morgan fingerprint density at radius 3 is 2.80 bits per heavy atom. The van der Waals surface area contributed by atoms with E-state index in [1.54, 1.807) is 6.20 Å². The SMILES string of the molecule is NC(CCN(c1cnc2ccccc2n1)C1CC1)=NO. The minimum absolute atomic E-state index is 0.240. The van der Waals surface area contributed by atoms with E-state index in [9.17, 15) is 0 Å². The summed E-state index contributed by atoms with van der Waals surface area (Å²) in [6.45, 7) is 0.688. The van der Waals surface area contributed by atoms with E-state index >= 15 is 0 Å². The zero-order chi connectivity index (χ0) is 13.9. The minimum atomic E-state index is 0.240. The van der Waals surface area contributed by atoms with E-state index in [0.717, 1.165) is 29.7 Å². The number of rotatable bonds is 5. The molecule has 1 saturated carbocycles. The Labute approximate surface area is 116 Å². The molecule has 0 bridgehead atoms. The van der Waals surface area contributed by atoms with Crippen LogP contribution in [0, 0.1) is 0 Å². The third-order valence-electron chi connectivity index (χ3n) is 3.46. The van der Waals surface area contributed by atoms with Crippen molar-refractivity contribution in [2.24, 2.45) is 10.9 Å². The summed E-state index contributed by atoms with van der Waals surface area (Å²) in [7, 11) is 0. The number of oxime groups is 1. The molecule has 1 aliphatic rings. The van der Waals surface area contributed by atoms with E-state index < -0.39 is 0 Å². The molecule has 1 aromatic heterocycles. The summed E-state index contributed by atoms with van der Waals surface area (Å²) in [5, 5.41) is 11.6. The van der Waals surface area contributed by atoms with Gasteiger partial charge in [0.15, 0.2) is 0 Å². The van der Waals surface area contributed by atoms with E-state index in [2.05, 4.69) is 20.0 Å². The Kier molecular flexibility index (Phi) is 3.37. The van der Waals surface area contributed by atoms with Gasteiger partial charge in [-0.15, -0.1) is 0 Å². The molecule has 104 valence electrons. The molecule has 3 rings (SSSR count). The molecule has 0 saturated heterocycles. The lowest BCUT2D eigenvalue weighted by molar-refractivity contribution is 0.317. The second-order valence-corrected chi connectivity index (χ2v) is 4.98. The average Bonchev–Trinajstić information content (AvgIpc) is 3.32. The summed E-state index contributed by atoms with van der Waals surface area (Å²) in [5.74, 6) is 1.10. The van der Waals surface area contributed by atoms with Gasteiger partial charge in [-0.05, 0) is 25.0 Å². The molecule has 0 atom stereocenters. The second-order valence-electron chi connectivity index (χ2n) is 4.98. The van der Waals surface area contributed by atoms with Crippen LogP contribution in [0.3, 0.4) is 0 Å². The van der Waals surface area contributed by atoms with Gasteiger partial charge in [-0.3, -0.25) is 4.98 Å². The van der Waals surface area contributed by atoms with Crippen molar-refractivity contribution in [1.82, 2.24) is 9.97 Å². The number of nitrogens with zero attached hydrogens (tertiary/aromatic N) is 4. The lowest BCUT2D eigenvalue weighted by Gasteiger charge is -2.23. The number of anilines is 1. The van der Waals surface area contributed by atoms with Crippen LogP contribution in [-0.4, -0.2) is 33.6 Å². The number of fused-ring (bicyclic) bond motifs is 1. The molecule has 0 aliphatic heterocycles. The van der Waals surface area contributed by atoms with Crippen molar-refractivity contribution in [3.8, 4) is 0 Å². The Morgan fingerprint density at radius 1 is 1.35 bits per heavy atom. The van der Waals surface area contributed by atoms with Crippen molar-refractivity contribution in [3.63, 3.8) is 0 Å². The fourth-order valence-corrected chi connectivity index (χ4v) is 2.24. The van der Waals surface area contributed by atoms with Crippen LogP contribution < -0.4 is 10.6 Å². The van der Waals surface area contributed by atoms with Crippen molar-refractivity contribution in [2.75, 3.05) is 11.4 Å². The summed E-state index contributed by atoms with van der Waals surface area (Å²) in [5.41, 5.74) is 7.33. The maximum atomic E-state index is 8.63. The fraction of sp³-hybridized carbons (Fsp3) is 0.357. The van der Waals surface area contributed by atoms with Crippen LogP contribution in [0.5, 0.6) is 0 Å². The summed E-state index contributed by atoms with van der Waals surface area (Å²) in [4.78, 5) is 11.3. The molecule has 0 radical (unpaired) electrons. The highest BCUT2D eigenvalue weighted by Gasteiger charge is 2.30. The van der Waals surface area contributed by atoms with Gasteiger partial charge in [0.25, 0.3) is 0 Å². The quantitative estimate of drug-likeness (QED) is 0.374. The monoisotopic (exact) mass is 271 g/mol. The zero-order valence-corrected chi connectivity index (χ0v) is 11.1. The molecule has 0 amide bonds. The smallest absolute Gasteiger partial charge is 0.148 e. The van der Waals surface area contributed by atoms with Gasteiger partial charge in [-0.1, -0.05) is 17.3 Å². The summed E-state index contributed by atoms with van der Waals surface area (Å²) >= 11 is 0. The van der Waals surface area contributed by atoms with E-state index in [1.165, 1.54) is 0 Å². The highest BCUT2D eigenvalue weighted by molar-refractivity contribution is 5.80. The molecule has 6 nitrogen and oxygen atoms in total. The maximum absolute atomic E-state index is 8.63. The number of para-hydroxylation sites is 2. The number of amidine groups is 1. The van der Waals surface area contributed by atoms with E-state index in [-0.39, 0.29) is 5.84 Å². The number of hydrogen-bond donors (Lipinski definition) is 2. The molecule has 3 N–H and O–H groups in total. The van der Waals surface area contributed by atoms with Gasteiger partial charge >= 0.3 is 0 Å². The van der Waals surface area contributed by atoms with Crippen LogP contribution in [0.1, 0.15) is 19.3 Å². The third-order valence-corrected chi connectivity index (χ3v) is 3.46. The second kappa shape index (κ2) is 5.32. The predicted octanol–water partition coefficient (Wildman–Crippen LogP) is 1.74. The highest BCUT2D eigenvalue weighted by Crippen LogP contribution is 2.31. The van der Waals surface area contributed by atoms with Crippen LogP contribution in [-0.2, 0) is 0 Å². The van der Waals surface area contributed by atoms with Crippen molar-refractivity contribution in [1.29, 1.82) is 0 Å². The maximum Gasteiger partial charge on any atom is 0.148 e. The van der Waals surface area contributed by atoms with Gasteiger partial charge in [-0.25, -0.2) is 4.98 Å². The Hall–Kier alpha value is -2.37. The van der Waals surface area contributed by atoms with Gasteiger partial charge in [0.1, 0.15) is 11.7 Å². The van der Waals surface area contributed by atoms with Crippen LogP contribution in [0.2, 0.25) is 0 Å². The molecule has 20 heavy (non-hydrogen) atoms. The van der Waals surface area contributed by atoms with Gasteiger partial charge < -0.3 is 15.8 Å². The fourth-order valence-electron chi connectivity index (χ4n) is 2.24. The summed E-state index contributed by atoms with van der Waals surface area (Å²) in [6, 6.07) is 8.31. The molecular formula is C14H17N5O. The highest BCUT2D eigenvalue weighted by atomic mass is 16.4. The van der Waals surface area contributed by atoms with Crippen LogP contribution >= 0.6 is 0 Å². The van der Waals surface area contributed by atoms with Crippen molar-refractivity contribution >= 4 is 22.7 Å². The molecule has 1 aromatic carbocycles. The Morgan fingerprint density at radius 2 is 2.10 bits per heavy atom. The van der Waals surface area contributed by atoms with E-state index in [4.69, 9.17) is 10.9 Å². The number of hydrogen-bond acceptors (Lipinski definition) is 5. The Balaban J connectivity index is 1.85. The molecule has 2 aromatic rings. The zero-order valence-electron chi connectivity index (χ0n) is 11.1. The molecule has 6 heteroatoms.